The molecule has 0 aromatic heterocycles. The van der Waals surface area contributed by atoms with E-state index >= 15 is 0 Å². The van der Waals surface area contributed by atoms with Gasteiger partial charge in [0.1, 0.15) is 18.5 Å². The van der Waals surface area contributed by atoms with E-state index in [0.29, 0.717) is 5.56 Å². The molecule has 0 heterocycles. The summed E-state index contributed by atoms with van der Waals surface area (Å²) in [6.07, 6.45) is 0. The molecular weight excluding hydrogens is 274 g/mol. The van der Waals surface area contributed by atoms with Gasteiger partial charge in [-0.1, -0.05) is 18.2 Å². The maximum absolute atomic E-state index is 13.8. The summed E-state index contributed by atoms with van der Waals surface area (Å²) in [5.74, 6) is -1.18. The van der Waals surface area contributed by atoms with Crippen molar-refractivity contribution in [3.05, 3.63) is 64.7 Å². The van der Waals surface area contributed by atoms with Gasteiger partial charge in [-0.15, -0.1) is 0 Å². The highest BCUT2D eigenvalue weighted by Gasteiger charge is 2.11. The highest BCUT2D eigenvalue weighted by atomic mass is 19.1. The average Bonchev–Trinajstić information content (AvgIpc) is 2.47. The van der Waals surface area contributed by atoms with Crippen LogP contribution in [0.2, 0.25) is 0 Å². The molecule has 0 amide bonds. The fourth-order valence-electron chi connectivity index (χ4n) is 1.85. The van der Waals surface area contributed by atoms with Gasteiger partial charge < -0.3 is 10.5 Å². The predicted molar refractivity (Wildman–Crippen MR) is 74.4 cm³/mol. The molecule has 5 heteroatoms. The first-order valence-corrected chi connectivity index (χ1v) is 6.38. The second-order valence-electron chi connectivity index (χ2n) is 4.66. The third-order valence-electron chi connectivity index (χ3n) is 3.06. The third-order valence-corrected chi connectivity index (χ3v) is 3.06. The summed E-state index contributed by atoms with van der Waals surface area (Å²) in [7, 11) is 0. The Kier molecular flexibility index (Phi) is 4.51. The van der Waals surface area contributed by atoms with E-state index in [1.165, 1.54) is 24.3 Å². The molecule has 1 atom stereocenters. The number of rotatable bonds is 4. The van der Waals surface area contributed by atoms with E-state index < -0.39 is 11.6 Å². The van der Waals surface area contributed by atoms with Crippen LogP contribution in [-0.4, -0.2) is 0 Å². The van der Waals surface area contributed by atoms with Crippen molar-refractivity contribution in [3.8, 4) is 11.8 Å². The normalized spacial score (nSPS) is 11.8. The van der Waals surface area contributed by atoms with Crippen molar-refractivity contribution in [2.45, 2.75) is 19.6 Å². The monoisotopic (exact) mass is 288 g/mol. The minimum Gasteiger partial charge on any atom is -0.486 e. The van der Waals surface area contributed by atoms with Crippen LogP contribution in [0.25, 0.3) is 0 Å². The standard InChI is InChI=1S/C16H14F2N2O/c1-10(20)11-5-6-15(14(17)7-11)21-9-13-4-2-3-12(8-19)16(13)18/h2-7,10H,9,20H2,1H3/t10-/m0/s1. The Morgan fingerprint density at radius 2 is 2.05 bits per heavy atom. The zero-order valence-electron chi connectivity index (χ0n) is 11.4. The number of hydrogen-bond acceptors (Lipinski definition) is 3. The Morgan fingerprint density at radius 1 is 1.29 bits per heavy atom. The van der Waals surface area contributed by atoms with Gasteiger partial charge in [0.05, 0.1) is 5.56 Å². The Bertz CT molecular complexity index is 693. The number of nitriles is 1. The number of ether oxygens (including phenoxy) is 1. The van der Waals surface area contributed by atoms with Crippen LogP contribution in [0.1, 0.15) is 29.7 Å². The topological polar surface area (TPSA) is 59.0 Å². The molecule has 21 heavy (non-hydrogen) atoms. The lowest BCUT2D eigenvalue weighted by molar-refractivity contribution is 0.284. The molecule has 0 unspecified atom stereocenters. The van der Waals surface area contributed by atoms with Crippen LogP contribution >= 0.6 is 0 Å². The van der Waals surface area contributed by atoms with Gasteiger partial charge in [0.25, 0.3) is 0 Å². The minimum atomic E-state index is -0.646. The molecule has 0 radical (unpaired) electrons. The van der Waals surface area contributed by atoms with Gasteiger partial charge in [0, 0.05) is 11.6 Å². The zero-order chi connectivity index (χ0) is 15.4. The van der Waals surface area contributed by atoms with Crippen molar-refractivity contribution in [1.29, 1.82) is 5.26 Å². The van der Waals surface area contributed by atoms with Gasteiger partial charge in [-0.25, -0.2) is 8.78 Å². The number of benzene rings is 2. The van der Waals surface area contributed by atoms with Crippen molar-refractivity contribution in [2.75, 3.05) is 0 Å². The first kappa shape index (κ1) is 14.9. The van der Waals surface area contributed by atoms with Crippen LogP contribution in [-0.2, 0) is 6.61 Å². The Balaban J connectivity index is 2.16. The Labute approximate surface area is 121 Å². The molecule has 3 nitrogen and oxygen atoms in total. The molecule has 0 spiro atoms. The largest absolute Gasteiger partial charge is 0.486 e. The van der Waals surface area contributed by atoms with Crippen molar-refractivity contribution >= 4 is 0 Å². The molecule has 2 aromatic rings. The van der Waals surface area contributed by atoms with Crippen molar-refractivity contribution in [2.24, 2.45) is 5.73 Å². The van der Waals surface area contributed by atoms with Crippen LogP contribution < -0.4 is 10.5 Å². The second-order valence-corrected chi connectivity index (χ2v) is 4.66. The van der Waals surface area contributed by atoms with E-state index in [1.807, 2.05) is 0 Å². The van der Waals surface area contributed by atoms with E-state index in [1.54, 1.807) is 25.1 Å². The summed E-state index contributed by atoms with van der Waals surface area (Å²) in [5.41, 5.74) is 6.45. The summed E-state index contributed by atoms with van der Waals surface area (Å²) in [4.78, 5) is 0. The number of hydrogen-bond donors (Lipinski definition) is 1. The molecule has 0 fully saturated rings. The van der Waals surface area contributed by atoms with Gasteiger partial charge in [-0.05, 0) is 30.7 Å². The summed E-state index contributed by atoms with van der Waals surface area (Å²) >= 11 is 0. The Morgan fingerprint density at radius 3 is 2.67 bits per heavy atom. The molecule has 0 saturated heterocycles. The quantitative estimate of drug-likeness (QED) is 0.937. The predicted octanol–water partition coefficient (Wildman–Crippen LogP) is 3.44. The summed E-state index contributed by atoms with van der Waals surface area (Å²) < 4.78 is 32.9. The molecule has 0 aliphatic rings. The van der Waals surface area contributed by atoms with Crippen molar-refractivity contribution in [1.82, 2.24) is 0 Å². The van der Waals surface area contributed by atoms with Gasteiger partial charge >= 0.3 is 0 Å². The van der Waals surface area contributed by atoms with Crippen LogP contribution in [0.15, 0.2) is 36.4 Å². The molecule has 0 bridgehead atoms. The molecule has 2 aromatic carbocycles. The number of nitrogens with two attached hydrogens (primary N) is 1. The fourth-order valence-corrected chi connectivity index (χ4v) is 1.85. The molecule has 2 N–H and O–H groups in total. The maximum Gasteiger partial charge on any atom is 0.165 e. The van der Waals surface area contributed by atoms with Gasteiger partial charge in [-0.2, -0.15) is 5.26 Å². The molecular formula is C16H14F2N2O. The molecule has 108 valence electrons. The van der Waals surface area contributed by atoms with E-state index in [-0.39, 0.29) is 29.5 Å². The first-order chi connectivity index (χ1) is 10.0. The van der Waals surface area contributed by atoms with Crippen LogP contribution in [0.4, 0.5) is 8.78 Å². The highest BCUT2D eigenvalue weighted by molar-refractivity contribution is 5.35. The molecule has 2 rings (SSSR count). The van der Waals surface area contributed by atoms with E-state index in [4.69, 9.17) is 15.7 Å². The van der Waals surface area contributed by atoms with Gasteiger partial charge in [0.2, 0.25) is 0 Å². The van der Waals surface area contributed by atoms with Gasteiger partial charge in [0.15, 0.2) is 11.6 Å². The van der Waals surface area contributed by atoms with Crippen molar-refractivity contribution < 1.29 is 13.5 Å². The van der Waals surface area contributed by atoms with Crippen LogP contribution in [0, 0.1) is 23.0 Å². The van der Waals surface area contributed by atoms with E-state index in [2.05, 4.69) is 0 Å². The fraction of sp³-hybridized carbons (Fsp3) is 0.188. The lowest BCUT2D eigenvalue weighted by Gasteiger charge is -2.11. The summed E-state index contributed by atoms with van der Waals surface area (Å²) in [6, 6.07) is 10.3. The lowest BCUT2D eigenvalue weighted by atomic mass is 10.1. The molecule has 0 saturated carbocycles. The van der Waals surface area contributed by atoms with E-state index in [9.17, 15) is 8.78 Å². The highest BCUT2D eigenvalue weighted by Crippen LogP contribution is 2.23. The number of nitrogens with zero attached hydrogens (tertiary/aromatic N) is 1. The smallest absolute Gasteiger partial charge is 0.165 e. The second kappa shape index (κ2) is 6.33. The summed E-state index contributed by atoms with van der Waals surface area (Å²) in [5, 5.41) is 8.75. The third kappa shape index (κ3) is 3.36. The minimum absolute atomic E-state index is 0.0150. The van der Waals surface area contributed by atoms with Gasteiger partial charge in [-0.3, -0.25) is 0 Å². The van der Waals surface area contributed by atoms with Crippen LogP contribution in [0.3, 0.4) is 0 Å². The maximum atomic E-state index is 13.8. The SMILES string of the molecule is C[C@H](N)c1ccc(OCc2cccc(C#N)c2F)c(F)c1. The lowest BCUT2D eigenvalue weighted by Crippen LogP contribution is -2.06. The zero-order valence-corrected chi connectivity index (χ0v) is 11.4. The average molecular weight is 288 g/mol. The van der Waals surface area contributed by atoms with Crippen LogP contribution in [0.5, 0.6) is 5.75 Å². The van der Waals surface area contributed by atoms with Crippen molar-refractivity contribution in [3.63, 3.8) is 0 Å². The number of halogens is 2. The molecule has 0 aliphatic heterocycles. The first-order valence-electron chi connectivity index (χ1n) is 6.38. The van der Waals surface area contributed by atoms with E-state index in [0.717, 1.165) is 0 Å². The summed E-state index contributed by atoms with van der Waals surface area (Å²) in [6.45, 7) is 1.59. The Hall–Kier alpha value is -2.45. The molecule has 0 aliphatic carbocycles.